The fourth-order valence-corrected chi connectivity index (χ4v) is 1.21. The number of alkyl halides is 2. The first-order chi connectivity index (χ1) is 8.11. The first-order valence-corrected chi connectivity index (χ1v) is 5.49. The van der Waals surface area contributed by atoms with Crippen LogP contribution in [0.15, 0.2) is 24.3 Å². The lowest BCUT2D eigenvalue weighted by molar-refractivity contribution is -0.0498. The minimum absolute atomic E-state index is 0.0384. The highest BCUT2D eigenvalue weighted by molar-refractivity contribution is 5.26. The Hall–Kier alpha value is -1.20. The Bertz CT molecular complexity index is 317. The molecule has 3 nitrogen and oxygen atoms in total. The molecule has 0 aromatic heterocycles. The Morgan fingerprint density at radius 2 is 1.88 bits per heavy atom. The molecule has 0 saturated heterocycles. The number of halogens is 2. The average molecular weight is 245 g/mol. The van der Waals surface area contributed by atoms with Crippen molar-refractivity contribution in [3.05, 3.63) is 29.8 Å². The Balaban J connectivity index is 2.35. The van der Waals surface area contributed by atoms with Crippen LogP contribution in [0.25, 0.3) is 0 Å². The van der Waals surface area contributed by atoms with Gasteiger partial charge in [0.15, 0.2) is 0 Å². The van der Waals surface area contributed by atoms with Crippen molar-refractivity contribution < 1.29 is 18.3 Å². The van der Waals surface area contributed by atoms with Crippen molar-refractivity contribution >= 4 is 0 Å². The van der Waals surface area contributed by atoms with E-state index in [1.807, 2.05) is 6.92 Å². The maximum atomic E-state index is 11.9. The number of benzene rings is 1. The van der Waals surface area contributed by atoms with E-state index in [1.165, 1.54) is 12.1 Å². The molecule has 1 atom stereocenters. The molecule has 0 aliphatic rings. The van der Waals surface area contributed by atoms with Crippen LogP contribution in [0, 0.1) is 0 Å². The van der Waals surface area contributed by atoms with Crippen LogP contribution < -0.4 is 10.5 Å². The van der Waals surface area contributed by atoms with Gasteiger partial charge in [-0.1, -0.05) is 19.1 Å². The van der Waals surface area contributed by atoms with Crippen molar-refractivity contribution in [2.24, 2.45) is 5.73 Å². The standard InChI is InChI=1S/C12H17F2NO2/c1-2-10(15)8-16-7-9-3-5-11(6-4-9)17-12(13)14/h3-6,10,12H,2,7-8,15H2,1H3. The van der Waals surface area contributed by atoms with Crippen molar-refractivity contribution in [2.75, 3.05) is 6.61 Å². The molecule has 1 unspecified atom stereocenters. The summed E-state index contributed by atoms with van der Waals surface area (Å²) in [5, 5.41) is 0. The molecule has 17 heavy (non-hydrogen) atoms. The molecule has 0 spiro atoms. The molecule has 0 aliphatic heterocycles. The van der Waals surface area contributed by atoms with E-state index in [-0.39, 0.29) is 11.8 Å². The molecule has 96 valence electrons. The molecule has 1 rings (SSSR count). The van der Waals surface area contributed by atoms with Gasteiger partial charge in [-0.2, -0.15) is 8.78 Å². The molecule has 0 radical (unpaired) electrons. The lowest BCUT2D eigenvalue weighted by Gasteiger charge is -2.10. The number of nitrogens with two attached hydrogens (primary N) is 1. The number of ether oxygens (including phenoxy) is 2. The van der Waals surface area contributed by atoms with Crippen LogP contribution in [0.1, 0.15) is 18.9 Å². The zero-order chi connectivity index (χ0) is 12.7. The summed E-state index contributed by atoms with van der Waals surface area (Å²) in [6.45, 7) is 0.110. The van der Waals surface area contributed by atoms with E-state index in [9.17, 15) is 8.78 Å². The smallest absolute Gasteiger partial charge is 0.387 e. The number of hydrogen-bond donors (Lipinski definition) is 1. The second kappa shape index (κ2) is 7.19. The van der Waals surface area contributed by atoms with Crippen molar-refractivity contribution in [1.82, 2.24) is 0 Å². The third-order valence-corrected chi connectivity index (χ3v) is 2.27. The first-order valence-electron chi connectivity index (χ1n) is 5.49. The summed E-state index contributed by atoms with van der Waals surface area (Å²) in [5.41, 5.74) is 6.59. The van der Waals surface area contributed by atoms with Crippen LogP contribution in [-0.2, 0) is 11.3 Å². The maximum Gasteiger partial charge on any atom is 0.387 e. The van der Waals surface area contributed by atoms with Gasteiger partial charge in [0.1, 0.15) is 5.75 Å². The SMILES string of the molecule is CCC(N)COCc1ccc(OC(F)F)cc1. The average Bonchev–Trinajstić information content (AvgIpc) is 2.30. The molecule has 1 aromatic rings. The molecule has 0 heterocycles. The van der Waals surface area contributed by atoms with E-state index in [0.29, 0.717) is 13.2 Å². The molecule has 0 aliphatic carbocycles. The molecular formula is C12H17F2NO2. The van der Waals surface area contributed by atoms with Gasteiger partial charge in [0.25, 0.3) is 0 Å². The van der Waals surface area contributed by atoms with Crippen molar-refractivity contribution in [2.45, 2.75) is 32.6 Å². The Kier molecular flexibility index (Phi) is 5.86. The van der Waals surface area contributed by atoms with Gasteiger partial charge >= 0.3 is 6.61 Å². The lowest BCUT2D eigenvalue weighted by Crippen LogP contribution is -2.24. The molecule has 5 heteroatoms. The molecule has 0 amide bonds. The van der Waals surface area contributed by atoms with E-state index in [1.54, 1.807) is 12.1 Å². The van der Waals surface area contributed by atoms with Crippen LogP contribution in [0.3, 0.4) is 0 Å². The van der Waals surface area contributed by atoms with Gasteiger partial charge in [0.2, 0.25) is 0 Å². The predicted molar refractivity (Wildman–Crippen MR) is 61.0 cm³/mol. The van der Waals surface area contributed by atoms with E-state index in [2.05, 4.69) is 4.74 Å². The Morgan fingerprint density at radius 1 is 1.24 bits per heavy atom. The second-order valence-corrected chi connectivity index (χ2v) is 3.71. The highest BCUT2D eigenvalue weighted by atomic mass is 19.3. The van der Waals surface area contributed by atoms with E-state index >= 15 is 0 Å². The summed E-state index contributed by atoms with van der Waals surface area (Å²) in [7, 11) is 0. The fourth-order valence-electron chi connectivity index (χ4n) is 1.21. The second-order valence-electron chi connectivity index (χ2n) is 3.71. The van der Waals surface area contributed by atoms with Crippen LogP contribution in [0.5, 0.6) is 5.75 Å². The zero-order valence-electron chi connectivity index (χ0n) is 9.74. The fraction of sp³-hybridized carbons (Fsp3) is 0.500. The monoisotopic (exact) mass is 245 g/mol. The molecular weight excluding hydrogens is 228 g/mol. The molecule has 2 N–H and O–H groups in total. The van der Waals surface area contributed by atoms with Gasteiger partial charge in [-0.3, -0.25) is 0 Å². The topological polar surface area (TPSA) is 44.5 Å². The highest BCUT2D eigenvalue weighted by Crippen LogP contribution is 2.15. The number of hydrogen-bond acceptors (Lipinski definition) is 3. The van der Waals surface area contributed by atoms with E-state index in [4.69, 9.17) is 10.5 Å². The van der Waals surface area contributed by atoms with Crippen LogP contribution in [0.2, 0.25) is 0 Å². The van der Waals surface area contributed by atoms with Gasteiger partial charge in [-0.25, -0.2) is 0 Å². The van der Waals surface area contributed by atoms with Crippen molar-refractivity contribution in [3.8, 4) is 5.75 Å². The zero-order valence-corrected chi connectivity index (χ0v) is 9.74. The molecule has 1 aromatic carbocycles. The quantitative estimate of drug-likeness (QED) is 0.802. The minimum Gasteiger partial charge on any atom is -0.435 e. The molecule has 0 bridgehead atoms. The predicted octanol–water partition coefficient (Wildman–Crippen LogP) is 2.54. The first kappa shape index (κ1) is 13.9. The minimum atomic E-state index is -2.79. The summed E-state index contributed by atoms with van der Waals surface area (Å²) < 4.78 is 33.4. The summed E-state index contributed by atoms with van der Waals surface area (Å²) in [6.07, 6.45) is 0.862. The normalized spacial score (nSPS) is 12.8. The van der Waals surface area contributed by atoms with Gasteiger partial charge in [-0.15, -0.1) is 0 Å². The van der Waals surface area contributed by atoms with Crippen LogP contribution >= 0.6 is 0 Å². The van der Waals surface area contributed by atoms with Crippen LogP contribution in [0.4, 0.5) is 8.78 Å². The van der Waals surface area contributed by atoms with Gasteiger partial charge < -0.3 is 15.2 Å². The third-order valence-electron chi connectivity index (χ3n) is 2.27. The summed E-state index contributed by atoms with van der Waals surface area (Å²) in [6, 6.07) is 6.40. The van der Waals surface area contributed by atoms with Crippen LogP contribution in [-0.4, -0.2) is 19.3 Å². The highest BCUT2D eigenvalue weighted by Gasteiger charge is 2.04. The largest absolute Gasteiger partial charge is 0.435 e. The third kappa shape index (κ3) is 5.60. The Morgan fingerprint density at radius 3 is 2.41 bits per heavy atom. The lowest BCUT2D eigenvalue weighted by atomic mass is 10.2. The van der Waals surface area contributed by atoms with Crippen molar-refractivity contribution in [3.63, 3.8) is 0 Å². The van der Waals surface area contributed by atoms with Gasteiger partial charge in [0.05, 0.1) is 13.2 Å². The summed E-state index contributed by atoms with van der Waals surface area (Å²) >= 11 is 0. The van der Waals surface area contributed by atoms with Gasteiger partial charge in [-0.05, 0) is 24.1 Å². The Labute approximate surface area is 99.5 Å². The van der Waals surface area contributed by atoms with E-state index in [0.717, 1.165) is 12.0 Å². The maximum absolute atomic E-state index is 11.9. The summed E-state index contributed by atoms with van der Waals surface area (Å²) in [4.78, 5) is 0. The summed E-state index contributed by atoms with van der Waals surface area (Å²) in [5.74, 6) is 0.147. The van der Waals surface area contributed by atoms with E-state index < -0.39 is 6.61 Å². The van der Waals surface area contributed by atoms with Crippen molar-refractivity contribution in [1.29, 1.82) is 0 Å². The van der Waals surface area contributed by atoms with Gasteiger partial charge in [0, 0.05) is 6.04 Å². The number of rotatable bonds is 7. The molecule has 0 fully saturated rings. The molecule has 0 saturated carbocycles.